The molecule has 0 bridgehead atoms. The van der Waals surface area contributed by atoms with Crippen LogP contribution in [0.25, 0.3) is 16.3 Å². The first-order valence-corrected chi connectivity index (χ1v) is 7.17. The molecule has 0 unspecified atom stereocenters. The van der Waals surface area contributed by atoms with Gasteiger partial charge in [-0.15, -0.1) is 11.3 Å². The molecule has 0 spiro atoms. The van der Waals surface area contributed by atoms with Crippen LogP contribution in [0.1, 0.15) is 22.7 Å². The van der Waals surface area contributed by atoms with Crippen molar-refractivity contribution in [2.75, 3.05) is 0 Å². The number of imidazole rings is 1. The normalized spacial score (nSPS) is 14.2. The van der Waals surface area contributed by atoms with E-state index in [1.165, 1.54) is 35.7 Å². The van der Waals surface area contributed by atoms with Gasteiger partial charge in [0.1, 0.15) is 11.5 Å². The van der Waals surface area contributed by atoms with E-state index in [-0.39, 0.29) is 5.82 Å². The van der Waals surface area contributed by atoms with Gasteiger partial charge in [-0.1, -0.05) is 0 Å². The fourth-order valence-electron chi connectivity index (χ4n) is 2.78. The van der Waals surface area contributed by atoms with Crippen LogP contribution in [0.3, 0.4) is 0 Å². The van der Waals surface area contributed by atoms with E-state index in [1.807, 2.05) is 0 Å². The largest absolute Gasteiger partial charge is 0.291 e. The molecule has 0 saturated carbocycles. The van der Waals surface area contributed by atoms with Gasteiger partial charge in [-0.3, -0.25) is 9.38 Å². The molecule has 0 fully saturated rings. The summed E-state index contributed by atoms with van der Waals surface area (Å²) >= 11 is 1.77. The number of aryl methyl sites for hydroxylation is 3. The third kappa shape index (κ3) is 1.54. The van der Waals surface area contributed by atoms with E-state index < -0.39 is 0 Å². The molecule has 5 heteroatoms. The van der Waals surface area contributed by atoms with Gasteiger partial charge in [-0.25, -0.2) is 9.37 Å². The molecule has 96 valence electrons. The van der Waals surface area contributed by atoms with Gasteiger partial charge in [0, 0.05) is 10.6 Å². The predicted octanol–water partition coefficient (Wildman–Crippen LogP) is 3.39. The Morgan fingerprint density at radius 1 is 1.32 bits per heavy atom. The highest BCUT2D eigenvalue weighted by Crippen LogP contribution is 2.34. The summed E-state index contributed by atoms with van der Waals surface area (Å²) in [6.45, 7) is 2.06. The molecule has 3 aromatic heterocycles. The summed E-state index contributed by atoms with van der Waals surface area (Å²) in [6, 6.07) is 3.12. The van der Waals surface area contributed by atoms with Crippen molar-refractivity contribution in [2.45, 2.75) is 26.2 Å². The zero-order valence-corrected chi connectivity index (χ0v) is 11.3. The maximum absolute atomic E-state index is 12.9. The number of halogens is 1. The Bertz CT molecular complexity index is 770. The van der Waals surface area contributed by atoms with Gasteiger partial charge in [0.25, 0.3) is 0 Å². The van der Waals surface area contributed by atoms with E-state index >= 15 is 0 Å². The number of aromatic nitrogens is 3. The topological polar surface area (TPSA) is 30.2 Å². The molecular weight excluding hydrogens is 261 g/mol. The molecule has 3 nitrogen and oxygen atoms in total. The van der Waals surface area contributed by atoms with Crippen molar-refractivity contribution < 1.29 is 4.39 Å². The van der Waals surface area contributed by atoms with Gasteiger partial charge >= 0.3 is 0 Å². The zero-order valence-electron chi connectivity index (χ0n) is 10.5. The molecule has 19 heavy (non-hydrogen) atoms. The number of pyridine rings is 1. The van der Waals surface area contributed by atoms with Crippen LogP contribution in [-0.2, 0) is 12.8 Å². The average molecular weight is 273 g/mol. The Hall–Kier alpha value is -1.75. The van der Waals surface area contributed by atoms with Crippen LogP contribution in [0.5, 0.6) is 0 Å². The quantitative estimate of drug-likeness (QED) is 0.680. The van der Waals surface area contributed by atoms with Crippen molar-refractivity contribution in [2.24, 2.45) is 0 Å². The summed E-state index contributed by atoms with van der Waals surface area (Å²) in [5.41, 5.74) is 4.11. The third-order valence-electron chi connectivity index (χ3n) is 3.67. The van der Waals surface area contributed by atoms with Gasteiger partial charge in [-0.2, -0.15) is 0 Å². The zero-order chi connectivity index (χ0) is 13.0. The summed E-state index contributed by atoms with van der Waals surface area (Å²) in [4.78, 5) is 11.3. The standard InChI is InChI=1S/C14H12FN3S/c1-8-13(10-6-5-9(15)7-16-10)17-14-18(8)11-3-2-4-12(11)19-14/h5-7H,2-4H2,1H3. The molecule has 0 N–H and O–H groups in total. The van der Waals surface area contributed by atoms with Gasteiger partial charge in [-0.05, 0) is 38.3 Å². The van der Waals surface area contributed by atoms with E-state index in [1.54, 1.807) is 17.4 Å². The smallest absolute Gasteiger partial charge is 0.194 e. The maximum Gasteiger partial charge on any atom is 0.194 e. The van der Waals surface area contributed by atoms with E-state index in [0.717, 1.165) is 28.5 Å². The molecule has 0 aromatic carbocycles. The lowest BCUT2D eigenvalue weighted by Crippen LogP contribution is -1.93. The third-order valence-corrected chi connectivity index (χ3v) is 4.81. The fraction of sp³-hybridized carbons (Fsp3) is 0.286. The highest BCUT2D eigenvalue weighted by atomic mass is 32.1. The summed E-state index contributed by atoms with van der Waals surface area (Å²) in [6.07, 6.45) is 4.78. The molecule has 0 amide bonds. The Morgan fingerprint density at radius 2 is 2.21 bits per heavy atom. The van der Waals surface area contributed by atoms with Crippen molar-refractivity contribution in [1.82, 2.24) is 14.4 Å². The molecule has 0 atom stereocenters. The van der Waals surface area contributed by atoms with E-state index in [2.05, 4.69) is 21.3 Å². The Balaban J connectivity index is 1.94. The molecule has 0 aliphatic heterocycles. The summed E-state index contributed by atoms with van der Waals surface area (Å²) in [7, 11) is 0. The van der Waals surface area contributed by atoms with Crippen molar-refractivity contribution in [3.63, 3.8) is 0 Å². The van der Waals surface area contributed by atoms with Gasteiger partial charge in [0.2, 0.25) is 0 Å². The number of hydrogen-bond acceptors (Lipinski definition) is 3. The van der Waals surface area contributed by atoms with Gasteiger partial charge in [0.05, 0.1) is 17.6 Å². The first-order valence-electron chi connectivity index (χ1n) is 6.35. The molecule has 1 aliphatic carbocycles. The van der Waals surface area contributed by atoms with Crippen molar-refractivity contribution in [3.05, 3.63) is 40.4 Å². The summed E-state index contributed by atoms with van der Waals surface area (Å²) in [5, 5.41) is 0. The molecular formula is C14H12FN3S. The van der Waals surface area contributed by atoms with Crippen LogP contribution >= 0.6 is 11.3 Å². The van der Waals surface area contributed by atoms with Crippen LogP contribution in [0.15, 0.2) is 18.3 Å². The lowest BCUT2D eigenvalue weighted by Gasteiger charge is -2.00. The van der Waals surface area contributed by atoms with Crippen LogP contribution in [0.2, 0.25) is 0 Å². The number of rotatable bonds is 1. The summed E-state index contributed by atoms with van der Waals surface area (Å²) in [5.74, 6) is -0.316. The van der Waals surface area contributed by atoms with Crippen LogP contribution < -0.4 is 0 Å². The fourth-order valence-corrected chi connectivity index (χ4v) is 4.03. The first kappa shape index (κ1) is 11.1. The minimum atomic E-state index is -0.316. The molecule has 3 heterocycles. The minimum Gasteiger partial charge on any atom is -0.291 e. The lowest BCUT2D eigenvalue weighted by molar-refractivity contribution is 0.622. The second kappa shape index (κ2) is 3.87. The van der Waals surface area contributed by atoms with Crippen molar-refractivity contribution in [1.29, 1.82) is 0 Å². The second-order valence-corrected chi connectivity index (χ2v) is 5.91. The van der Waals surface area contributed by atoms with E-state index in [4.69, 9.17) is 0 Å². The molecule has 0 radical (unpaired) electrons. The van der Waals surface area contributed by atoms with Crippen molar-refractivity contribution >= 4 is 16.3 Å². The molecule has 3 aromatic rings. The number of hydrogen-bond donors (Lipinski definition) is 0. The Labute approximate surface area is 113 Å². The van der Waals surface area contributed by atoms with Gasteiger partial charge < -0.3 is 0 Å². The van der Waals surface area contributed by atoms with Crippen LogP contribution in [-0.4, -0.2) is 14.4 Å². The van der Waals surface area contributed by atoms with E-state index in [9.17, 15) is 4.39 Å². The average Bonchev–Trinajstić information content (AvgIpc) is 3.03. The Morgan fingerprint density at radius 3 is 3.00 bits per heavy atom. The SMILES string of the molecule is Cc1c(-c2ccc(F)cn2)nc2sc3c(n12)CCC3. The second-order valence-electron chi connectivity index (χ2n) is 4.85. The van der Waals surface area contributed by atoms with Crippen molar-refractivity contribution in [3.8, 4) is 11.4 Å². The molecule has 4 rings (SSSR count). The first-order chi connectivity index (χ1) is 9.24. The van der Waals surface area contributed by atoms with Gasteiger partial charge in [0.15, 0.2) is 4.96 Å². The Kier molecular flexibility index (Phi) is 2.26. The number of nitrogens with zero attached hydrogens (tertiary/aromatic N) is 3. The highest BCUT2D eigenvalue weighted by molar-refractivity contribution is 7.17. The predicted molar refractivity (Wildman–Crippen MR) is 73.0 cm³/mol. The van der Waals surface area contributed by atoms with Crippen LogP contribution in [0.4, 0.5) is 4.39 Å². The number of thiazole rings is 1. The summed E-state index contributed by atoms with van der Waals surface area (Å²) < 4.78 is 15.2. The highest BCUT2D eigenvalue weighted by Gasteiger charge is 2.22. The monoisotopic (exact) mass is 273 g/mol. The number of fused-ring (bicyclic) bond motifs is 3. The molecule has 0 saturated heterocycles. The lowest BCUT2D eigenvalue weighted by atomic mass is 10.2. The minimum absolute atomic E-state index is 0.316. The molecule has 1 aliphatic rings. The van der Waals surface area contributed by atoms with E-state index in [0.29, 0.717) is 0 Å². The maximum atomic E-state index is 12.9. The van der Waals surface area contributed by atoms with Crippen LogP contribution in [0, 0.1) is 12.7 Å².